The van der Waals surface area contributed by atoms with Crippen molar-refractivity contribution in [1.29, 1.82) is 0 Å². The molecule has 0 bridgehead atoms. The second-order valence-electron chi connectivity index (χ2n) is 0.805. The molecule has 0 atom stereocenters. The number of amides is 4. The van der Waals surface area contributed by atoms with Gasteiger partial charge in [0.05, 0.1) is 0 Å². The SMILES string of the molecule is NC(N)=O.NC(N)=O.[Si]. The van der Waals surface area contributed by atoms with Crippen LogP contribution in [0.4, 0.5) is 9.59 Å². The van der Waals surface area contributed by atoms with E-state index in [1.54, 1.807) is 0 Å². The van der Waals surface area contributed by atoms with Gasteiger partial charge in [0.1, 0.15) is 0 Å². The number of hydrogen-bond donors (Lipinski definition) is 4. The zero-order valence-electron chi connectivity index (χ0n) is 4.63. The van der Waals surface area contributed by atoms with Crippen molar-refractivity contribution in [2.75, 3.05) is 0 Å². The molecular weight excluding hydrogens is 140 g/mol. The fourth-order valence-electron chi connectivity index (χ4n) is 0. The minimum atomic E-state index is -0.833. The fourth-order valence-corrected chi connectivity index (χ4v) is 0. The largest absolute Gasteiger partial charge is 0.352 e. The Bertz CT molecular complexity index is 74.6. The van der Waals surface area contributed by atoms with E-state index in [1.807, 2.05) is 0 Å². The normalized spacial score (nSPS) is 5.33. The molecule has 6 nitrogen and oxygen atoms in total. The smallest absolute Gasteiger partial charge is 0.309 e. The summed E-state index contributed by atoms with van der Waals surface area (Å²) in [6, 6.07) is -1.67. The maximum absolute atomic E-state index is 9.00. The van der Waals surface area contributed by atoms with Gasteiger partial charge in [0.15, 0.2) is 0 Å². The first-order valence-corrected chi connectivity index (χ1v) is 1.56. The Morgan fingerprint density at radius 3 is 0.778 bits per heavy atom. The minimum Gasteiger partial charge on any atom is -0.352 e. The van der Waals surface area contributed by atoms with Crippen LogP contribution in [0.2, 0.25) is 0 Å². The molecule has 0 fully saturated rings. The maximum Gasteiger partial charge on any atom is 0.309 e. The summed E-state index contributed by atoms with van der Waals surface area (Å²) >= 11 is 0. The van der Waals surface area contributed by atoms with E-state index in [2.05, 4.69) is 22.9 Å². The van der Waals surface area contributed by atoms with Crippen LogP contribution < -0.4 is 22.9 Å². The number of nitrogens with two attached hydrogens (primary N) is 4. The average molecular weight is 148 g/mol. The molecule has 4 radical (unpaired) electrons. The third-order valence-electron chi connectivity index (χ3n) is 0. The van der Waals surface area contributed by atoms with E-state index in [9.17, 15) is 0 Å². The molecular formula is C2H8N4O2Si. The summed E-state index contributed by atoms with van der Waals surface area (Å²) in [4.78, 5) is 18.0. The van der Waals surface area contributed by atoms with Crippen LogP contribution in [0, 0.1) is 0 Å². The topological polar surface area (TPSA) is 138 Å². The number of urea groups is 2. The molecule has 0 rings (SSSR count). The van der Waals surface area contributed by atoms with E-state index >= 15 is 0 Å². The molecule has 0 unspecified atom stereocenters. The molecule has 0 heterocycles. The summed E-state index contributed by atoms with van der Waals surface area (Å²) in [5, 5.41) is 0. The second-order valence-corrected chi connectivity index (χ2v) is 0.805. The van der Waals surface area contributed by atoms with Gasteiger partial charge >= 0.3 is 12.1 Å². The van der Waals surface area contributed by atoms with Crippen molar-refractivity contribution in [1.82, 2.24) is 0 Å². The van der Waals surface area contributed by atoms with Crippen molar-refractivity contribution in [3.05, 3.63) is 0 Å². The Kier molecular flexibility index (Phi) is 17.2. The van der Waals surface area contributed by atoms with Gasteiger partial charge in [0.2, 0.25) is 0 Å². The number of carbonyl (C=O) groups excluding carboxylic acids is 2. The third-order valence-corrected chi connectivity index (χ3v) is 0. The lowest BCUT2D eigenvalue weighted by Crippen LogP contribution is -2.18. The van der Waals surface area contributed by atoms with Crippen LogP contribution in [0.15, 0.2) is 0 Å². The minimum absolute atomic E-state index is 0. The Morgan fingerprint density at radius 1 is 0.778 bits per heavy atom. The highest BCUT2D eigenvalue weighted by atomic mass is 28.1. The lowest BCUT2D eigenvalue weighted by Gasteiger charge is -1.62. The van der Waals surface area contributed by atoms with Gasteiger partial charge in [-0.15, -0.1) is 0 Å². The Balaban J connectivity index is -0.0000000720. The lowest BCUT2D eigenvalue weighted by molar-refractivity contribution is 0.255. The zero-order valence-corrected chi connectivity index (χ0v) is 5.63. The van der Waals surface area contributed by atoms with Gasteiger partial charge in [0, 0.05) is 11.0 Å². The van der Waals surface area contributed by atoms with E-state index in [1.165, 1.54) is 0 Å². The van der Waals surface area contributed by atoms with Crippen LogP contribution in [0.25, 0.3) is 0 Å². The molecule has 0 aliphatic rings. The molecule has 52 valence electrons. The predicted molar refractivity (Wildman–Crippen MR) is 33.3 cm³/mol. The van der Waals surface area contributed by atoms with Crippen molar-refractivity contribution in [3.8, 4) is 0 Å². The molecule has 0 saturated carbocycles. The molecule has 7 heteroatoms. The van der Waals surface area contributed by atoms with E-state index < -0.39 is 12.1 Å². The van der Waals surface area contributed by atoms with Crippen LogP contribution in [0.5, 0.6) is 0 Å². The molecule has 0 spiro atoms. The molecule has 0 aromatic heterocycles. The summed E-state index contributed by atoms with van der Waals surface area (Å²) in [5.41, 5.74) is 17.0. The van der Waals surface area contributed by atoms with E-state index in [0.29, 0.717) is 0 Å². The molecule has 9 heavy (non-hydrogen) atoms. The van der Waals surface area contributed by atoms with E-state index in [-0.39, 0.29) is 11.0 Å². The quantitative estimate of drug-likeness (QED) is 0.286. The van der Waals surface area contributed by atoms with Gasteiger partial charge in [-0.05, 0) is 0 Å². The van der Waals surface area contributed by atoms with Crippen LogP contribution >= 0.6 is 0 Å². The molecule has 8 N–H and O–H groups in total. The van der Waals surface area contributed by atoms with Crippen molar-refractivity contribution < 1.29 is 9.59 Å². The highest BCUT2D eigenvalue weighted by molar-refractivity contribution is 5.75. The van der Waals surface area contributed by atoms with Crippen LogP contribution in [-0.2, 0) is 0 Å². The first-order valence-electron chi connectivity index (χ1n) is 1.56. The second kappa shape index (κ2) is 9.90. The van der Waals surface area contributed by atoms with Gasteiger partial charge in [-0.25, -0.2) is 9.59 Å². The number of hydrogen-bond acceptors (Lipinski definition) is 2. The Labute approximate surface area is 56.6 Å². The molecule has 0 saturated heterocycles. The zero-order chi connectivity index (χ0) is 7.15. The maximum atomic E-state index is 9.00. The van der Waals surface area contributed by atoms with Crippen molar-refractivity contribution in [2.45, 2.75) is 0 Å². The summed E-state index contributed by atoms with van der Waals surface area (Å²) in [7, 11) is 0. The highest BCUT2D eigenvalue weighted by Crippen LogP contribution is 1.26. The number of primary amides is 4. The molecule has 0 aliphatic heterocycles. The molecule has 0 aliphatic carbocycles. The predicted octanol–water partition coefficient (Wildman–Crippen LogP) is -2.33. The summed E-state index contributed by atoms with van der Waals surface area (Å²) in [5.74, 6) is 0. The standard InChI is InChI=1S/2CH4N2O.Si/c2*2-1(3)4;/h2*(H4,2,3,4);. The van der Waals surface area contributed by atoms with Crippen LogP contribution in [0.3, 0.4) is 0 Å². The monoisotopic (exact) mass is 148 g/mol. The van der Waals surface area contributed by atoms with E-state index in [4.69, 9.17) is 9.59 Å². The molecule has 4 amide bonds. The summed E-state index contributed by atoms with van der Waals surface area (Å²) in [6.07, 6.45) is 0. The number of rotatable bonds is 0. The van der Waals surface area contributed by atoms with Gasteiger partial charge in [0.25, 0.3) is 0 Å². The first kappa shape index (κ1) is 15.7. The highest BCUT2D eigenvalue weighted by Gasteiger charge is 1.61. The Hall–Kier alpha value is -1.24. The lowest BCUT2D eigenvalue weighted by atomic mass is 11.2. The molecule has 0 aromatic rings. The third kappa shape index (κ3) is 98.9. The van der Waals surface area contributed by atoms with Crippen LogP contribution in [-0.4, -0.2) is 23.0 Å². The van der Waals surface area contributed by atoms with Gasteiger partial charge in [-0.1, -0.05) is 0 Å². The fraction of sp³-hybridized carbons (Fsp3) is 0. The Morgan fingerprint density at radius 2 is 0.778 bits per heavy atom. The van der Waals surface area contributed by atoms with Gasteiger partial charge < -0.3 is 22.9 Å². The summed E-state index contributed by atoms with van der Waals surface area (Å²) in [6.45, 7) is 0. The van der Waals surface area contributed by atoms with Crippen molar-refractivity contribution in [3.63, 3.8) is 0 Å². The van der Waals surface area contributed by atoms with Crippen LogP contribution in [0.1, 0.15) is 0 Å². The number of carbonyl (C=O) groups is 2. The molecule has 0 aromatic carbocycles. The van der Waals surface area contributed by atoms with E-state index in [0.717, 1.165) is 0 Å². The van der Waals surface area contributed by atoms with Gasteiger partial charge in [-0.3, -0.25) is 0 Å². The van der Waals surface area contributed by atoms with Crippen molar-refractivity contribution in [2.24, 2.45) is 22.9 Å². The average Bonchev–Trinajstić information content (AvgIpc) is 1.25. The van der Waals surface area contributed by atoms with Crippen molar-refractivity contribution >= 4 is 23.0 Å². The van der Waals surface area contributed by atoms with Gasteiger partial charge in [-0.2, -0.15) is 0 Å². The first-order chi connectivity index (χ1) is 3.46. The summed E-state index contributed by atoms with van der Waals surface area (Å²) < 4.78 is 0.